The van der Waals surface area contributed by atoms with Crippen LogP contribution in [0.15, 0.2) is 24.3 Å². The number of hydrogen-bond donors (Lipinski definition) is 3. The summed E-state index contributed by atoms with van der Waals surface area (Å²) in [7, 11) is 2.05. The summed E-state index contributed by atoms with van der Waals surface area (Å²) in [6.07, 6.45) is 4.91. The molecule has 4 heteroatoms. The molecule has 1 aliphatic rings. The van der Waals surface area contributed by atoms with E-state index in [1.54, 1.807) is 0 Å². The number of anilines is 1. The number of nitrogens with zero attached hydrogens (tertiary/aromatic N) is 1. The maximum absolute atomic E-state index is 4.56. The van der Waals surface area contributed by atoms with Gasteiger partial charge in [0, 0.05) is 12.1 Å². The van der Waals surface area contributed by atoms with E-state index in [0.717, 1.165) is 17.0 Å². The van der Waals surface area contributed by atoms with Crippen LogP contribution < -0.4 is 10.6 Å². The summed E-state index contributed by atoms with van der Waals surface area (Å²) in [6.45, 7) is 0. The zero-order valence-corrected chi connectivity index (χ0v) is 10.7. The van der Waals surface area contributed by atoms with Crippen LogP contribution in [0.3, 0.4) is 0 Å². The van der Waals surface area contributed by atoms with Crippen LogP contribution in [0.1, 0.15) is 25.7 Å². The van der Waals surface area contributed by atoms with Gasteiger partial charge in [0.05, 0.1) is 11.0 Å². The highest BCUT2D eigenvalue weighted by atomic mass is 15.1. The van der Waals surface area contributed by atoms with Gasteiger partial charge in [-0.15, -0.1) is 0 Å². The molecule has 2 aromatic rings. The Morgan fingerprint density at radius 3 is 2.56 bits per heavy atom. The molecule has 3 N–H and O–H groups in total. The van der Waals surface area contributed by atoms with Crippen LogP contribution in [0.2, 0.25) is 0 Å². The molecule has 0 amide bonds. The van der Waals surface area contributed by atoms with Crippen molar-refractivity contribution in [3.05, 3.63) is 24.3 Å². The number of imidazole rings is 1. The molecule has 4 nitrogen and oxygen atoms in total. The lowest BCUT2D eigenvalue weighted by Crippen LogP contribution is -2.35. The van der Waals surface area contributed by atoms with Crippen molar-refractivity contribution in [1.29, 1.82) is 0 Å². The Morgan fingerprint density at radius 2 is 1.83 bits per heavy atom. The van der Waals surface area contributed by atoms with Crippen molar-refractivity contribution in [3.63, 3.8) is 0 Å². The highest BCUT2D eigenvalue weighted by molar-refractivity contribution is 5.77. The second-order valence-corrected chi connectivity index (χ2v) is 5.08. The second kappa shape index (κ2) is 4.98. The molecular weight excluding hydrogens is 224 g/mol. The molecule has 1 fully saturated rings. The molecule has 18 heavy (non-hydrogen) atoms. The first kappa shape index (κ1) is 11.5. The van der Waals surface area contributed by atoms with E-state index < -0.39 is 0 Å². The van der Waals surface area contributed by atoms with Crippen LogP contribution in [-0.4, -0.2) is 29.1 Å². The van der Waals surface area contributed by atoms with E-state index in [1.165, 1.54) is 25.7 Å². The van der Waals surface area contributed by atoms with E-state index >= 15 is 0 Å². The maximum atomic E-state index is 4.56. The molecule has 1 heterocycles. The Labute approximate surface area is 107 Å². The van der Waals surface area contributed by atoms with Gasteiger partial charge >= 0.3 is 0 Å². The number of aromatic amines is 1. The van der Waals surface area contributed by atoms with Crippen molar-refractivity contribution < 1.29 is 0 Å². The molecule has 0 aliphatic heterocycles. The monoisotopic (exact) mass is 244 g/mol. The normalized spacial score (nSPS) is 24.3. The molecule has 0 atom stereocenters. The van der Waals surface area contributed by atoms with Gasteiger partial charge in [-0.05, 0) is 44.9 Å². The van der Waals surface area contributed by atoms with Crippen LogP contribution in [0.5, 0.6) is 0 Å². The largest absolute Gasteiger partial charge is 0.353 e. The first-order valence-corrected chi connectivity index (χ1v) is 6.73. The fraction of sp³-hybridized carbons (Fsp3) is 0.500. The van der Waals surface area contributed by atoms with E-state index in [9.17, 15) is 0 Å². The number of fused-ring (bicyclic) bond motifs is 1. The van der Waals surface area contributed by atoms with Gasteiger partial charge in [-0.25, -0.2) is 4.98 Å². The van der Waals surface area contributed by atoms with Gasteiger partial charge in [-0.1, -0.05) is 12.1 Å². The quantitative estimate of drug-likeness (QED) is 0.777. The maximum Gasteiger partial charge on any atom is 0.201 e. The summed E-state index contributed by atoms with van der Waals surface area (Å²) in [5.74, 6) is 0.907. The Balaban J connectivity index is 1.66. The van der Waals surface area contributed by atoms with E-state index in [0.29, 0.717) is 12.1 Å². The highest BCUT2D eigenvalue weighted by Crippen LogP contribution is 2.22. The minimum atomic E-state index is 0.551. The Bertz CT molecular complexity index is 478. The minimum absolute atomic E-state index is 0.551. The summed E-state index contributed by atoms with van der Waals surface area (Å²) < 4.78 is 0. The molecule has 0 saturated heterocycles. The molecule has 1 aromatic heterocycles. The average molecular weight is 244 g/mol. The van der Waals surface area contributed by atoms with Crippen LogP contribution in [-0.2, 0) is 0 Å². The van der Waals surface area contributed by atoms with Crippen LogP contribution in [0, 0.1) is 0 Å². The molecule has 0 unspecified atom stereocenters. The Kier molecular flexibility index (Phi) is 3.19. The zero-order chi connectivity index (χ0) is 12.4. The number of rotatable bonds is 3. The predicted molar refractivity (Wildman–Crippen MR) is 74.8 cm³/mol. The Hall–Kier alpha value is -1.55. The van der Waals surface area contributed by atoms with Gasteiger partial charge in [0.25, 0.3) is 0 Å². The molecule has 0 bridgehead atoms. The van der Waals surface area contributed by atoms with Gasteiger partial charge in [-0.3, -0.25) is 0 Å². The molecule has 0 spiro atoms. The number of benzene rings is 1. The third kappa shape index (κ3) is 2.34. The van der Waals surface area contributed by atoms with Gasteiger partial charge in [-0.2, -0.15) is 0 Å². The van der Waals surface area contributed by atoms with Crippen LogP contribution >= 0.6 is 0 Å². The van der Waals surface area contributed by atoms with Gasteiger partial charge in [0.15, 0.2) is 0 Å². The lowest BCUT2D eigenvalue weighted by molar-refractivity contribution is 0.370. The zero-order valence-electron chi connectivity index (χ0n) is 10.7. The minimum Gasteiger partial charge on any atom is -0.353 e. The standard InChI is InChI=1S/C14H20N4/c1-15-10-6-8-11(9-7-10)16-14-17-12-4-2-3-5-13(12)18-14/h2-5,10-11,15H,6-9H2,1H3,(H2,16,17,18). The molecule has 0 radical (unpaired) electrons. The summed E-state index contributed by atoms with van der Waals surface area (Å²) in [5, 5.41) is 6.88. The number of para-hydroxylation sites is 2. The number of nitrogens with one attached hydrogen (secondary N) is 3. The lowest BCUT2D eigenvalue weighted by atomic mass is 9.91. The molecule has 1 aliphatic carbocycles. The van der Waals surface area contributed by atoms with Gasteiger partial charge < -0.3 is 15.6 Å². The summed E-state index contributed by atoms with van der Waals surface area (Å²) >= 11 is 0. The van der Waals surface area contributed by atoms with Crippen LogP contribution in [0.25, 0.3) is 11.0 Å². The SMILES string of the molecule is CNC1CCC(Nc2nc3ccccc3[nH]2)CC1. The molecule has 1 saturated carbocycles. The average Bonchev–Trinajstić information content (AvgIpc) is 2.82. The number of hydrogen-bond acceptors (Lipinski definition) is 3. The third-order valence-corrected chi connectivity index (χ3v) is 3.87. The molecule has 96 valence electrons. The lowest BCUT2D eigenvalue weighted by Gasteiger charge is -2.28. The summed E-state index contributed by atoms with van der Waals surface area (Å²) in [5.41, 5.74) is 2.13. The Morgan fingerprint density at radius 1 is 1.11 bits per heavy atom. The fourth-order valence-corrected chi connectivity index (χ4v) is 2.74. The van der Waals surface area contributed by atoms with E-state index in [-0.39, 0.29) is 0 Å². The smallest absolute Gasteiger partial charge is 0.201 e. The van der Waals surface area contributed by atoms with E-state index in [1.807, 2.05) is 18.2 Å². The third-order valence-electron chi connectivity index (χ3n) is 3.87. The first-order chi connectivity index (χ1) is 8.85. The topological polar surface area (TPSA) is 52.7 Å². The van der Waals surface area contributed by atoms with E-state index in [4.69, 9.17) is 0 Å². The molecular formula is C14H20N4. The van der Waals surface area contributed by atoms with Crippen molar-refractivity contribution in [3.8, 4) is 0 Å². The van der Waals surface area contributed by atoms with Crippen molar-refractivity contribution in [2.45, 2.75) is 37.8 Å². The second-order valence-electron chi connectivity index (χ2n) is 5.08. The number of aromatic nitrogens is 2. The van der Waals surface area contributed by atoms with Crippen molar-refractivity contribution in [2.75, 3.05) is 12.4 Å². The van der Waals surface area contributed by atoms with Gasteiger partial charge in [0.2, 0.25) is 5.95 Å². The first-order valence-electron chi connectivity index (χ1n) is 6.73. The van der Waals surface area contributed by atoms with Gasteiger partial charge in [0.1, 0.15) is 0 Å². The van der Waals surface area contributed by atoms with Crippen LogP contribution in [0.4, 0.5) is 5.95 Å². The summed E-state index contributed by atoms with van der Waals surface area (Å²) in [6, 6.07) is 9.39. The summed E-state index contributed by atoms with van der Waals surface area (Å²) in [4.78, 5) is 7.89. The molecule has 3 rings (SSSR count). The van der Waals surface area contributed by atoms with Crippen molar-refractivity contribution >= 4 is 17.0 Å². The number of H-pyrrole nitrogens is 1. The van der Waals surface area contributed by atoms with Crippen molar-refractivity contribution in [1.82, 2.24) is 15.3 Å². The fourth-order valence-electron chi connectivity index (χ4n) is 2.74. The highest BCUT2D eigenvalue weighted by Gasteiger charge is 2.20. The predicted octanol–water partition coefficient (Wildman–Crippen LogP) is 2.51. The van der Waals surface area contributed by atoms with E-state index in [2.05, 4.69) is 33.7 Å². The van der Waals surface area contributed by atoms with Crippen molar-refractivity contribution in [2.24, 2.45) is 0 Å². The molecule has 1 aromatic carbocycles.